The second-order valence-corrected chi connectivity index (χ2v) is 9.09. The Kier molecular flexibility index (Phi) is 8.81. The molecule has 0 bridgehead atoms. The van der Waals surface area contributed by atoms with Gasteiger partial charge >= 0.3 is 6.03 Å². The number of amides is 3. The van der Waals surface area contributed by atoms with Crippen LogP contribution in [0.1, 0.15) is 34.5 Å². The zero-order chi connectivity index (χ0) is 26.2. The van der Waals surface area contributed by atoms with E-state index in [-0.39, 0.29) is 30.3 Å². The van der Waals surface area contributed by atoms with Gasteiger partial charge in [-0.2, -0.15) is 0 Å². The highest BCUT2D eigenvalue weighted by molar-refractivity contribution is 6.31. The molecule has 0 spiro atoms. The van der Waals surface area contributed by atoms with Gasteiger partial charge in [-0.1, -0.05) is 23.7 Å². The molecule has 0 aliphatic carbocycles. The normalized spacial score (nSPS) is 13.5. The Hall–Kier alpha value is -3.82. The molecule has 0 saturated carbocycles. The van der Waals surface area contributed by atoms with E-state index in [1.807, 2.05) is 31.2 Å². The van der Waals surface area contributed by atoms with Crippen molar-refractivity contribution in [1.82, 2.24) is 20.9 Å². The molecule has 3 aromatic rings. The summed E-state index contributed by atoms with van der Waals surface area (Å²) < 4.78 is 12.1. The molecule has 1 fully saturated rings. The number of piperidine rings is 1. The van der Waals surface area contributed by atoms with Gasteiger partial charge in [0.2, 0.25) is 0 Å². The fourth-order valence-corrected chi connectivity index (χ4v) is 4.04. The Labute approximate surface area is 220 Å². The summed E-state index contributed by atoms with van der Waals surface area (Å²) >= 11 is 6.33. The minimum Gasteiger partial charge on any atom is -0.488 e. The number of aromatic nitrogens is 1. The number of pyridine rings is 1. The van der Waals surface area contributed by atoms with Gasteiger partial charge in [0.05, 0.1) is 5.69 Å². The number of rotatable bonds is 8. The van der Waals surface area contributed by atoms with E-state index in [2.05, 4.69) is 26.3 Å². The highest BCUT2D eigenvalue weighted by Crippen LogP contribution is 2.33. The molecule has 4 N–H and O–H groups in total. The van der Waals surface area contributed by atoms with Crippen molar-refractivity contribution < 1.29 is 19.1 Å². The van der Waals surface area contributed by atoms with E-state index in [1.165, 1.54) is 6.20 Å². The number of nitrogens with one attached hydrogen (secondary N) is 4. The number of aryl methyl sites for hydroxylation is 1. The number of hydrogen-bond acceptors (Lipinski definition) is 6. The van der Waals surface area contributed by atoms with Crippen molar-refractivity contribution in [1.29, 1.82) is 0 Å². The second kappa shape index (κ2) is 12.4. The maximum absolute atomic E-state index is 12.7. The molecule has 37 heavy (non-hydrogen) atoms. The van der Waals surface area contributed by atoms with E-state index in [4.69, 9.17) is 21.1 Å². The molecule has 2 aromatic carbocycles. The minimum absolute atomic E-state index is 0.0687. The number of hydrogen-bond donors (Lipinski definition) is 4. The molecule has 4 rings (SSSR count). The molecule has 0 atom stereocenters. The van der Waals surface area contributed by atoms with Gasteiger partial charge in [0.25, 0.3) is 5.91 Å². The number of urea groups is 1. The van der Waals surface area contributed by atoms with Gasteiger partial charge < -0.3 is 30.7 Å². The lowest BCUT2D eigenvalue weighted by Crippen LogP contribution is -2.34. The SMILES string of the molecule is CNC(=O)c1cc(Oc2cccc(CNC(=O)Nc3cc(C)c(Cl)cc3OC3CCNCC3)c2)ccn1. The Morgan fingerprint density at radius 1 is 1.11 bits per heavy atom. The van der Waals surface area contributed by atoms with Crippen molar-refractivity contribution in [3.63, 3.8) is 0 Å². The molecule has 9 nitrogen and oxygen atoms in total. The Morgan fingerprint density at radius 3 is 2.68 bits per heavy atom. The smallest absolute Gasteiger partial charge is 0.319 e. The average Bonchev–Trinajstić information content (AvgIpc) is 2.91. The predicted molar refractivity (Wildman–Crippen MR) is 143 cm³/mol. The fraction of sp³-hybridized carbons (Fsp3) is 0.296. The summed E-state index contributed by atoms with van der Waals surface area (Å²) in [6.07, 6.45) is 3.36. The highest BCUT2D eigenvalue weighted by Gasteiger charge is 2.18. The minimum atomic E-state index is -0.368. The van der Waals surface area contributed by atoms with Crippen molar-refractivity contribution in [2.45, 2.75) is 32.4 Å². The molecule has 0 unspecified atom stereocenters. The number of ether oxygens (including phenoxy) is 2. The number of anilines is 1. The van der Waals surface area contributed by atoms with E-state index >= 15 is 0 Å². The highest BCUT2D eigenvalue weighted by atomic mass is 35.5. The third kappa shape index (κ3) is 7.34. The van der Waals surface area contributed by atoms with Gasteiger partial charge in [0.1, 0.15) is 29.0 Å². The molecule has 10 heteroatoms. The summed E-state index contributed by atoms with van der Waals surface area (Å²) in [4.78, 5) is 28.6. The van der Waals surface area contributed by atoms with Crippen LogP contribution in [0.4, 0.5) is 10.5 Å². The summed E-state index contributed by atoms with van der Waals surface area (Å²) in [6.45, 7) is 3.95. The third-order valence-corrected chi connectivity index (χ3v) is 6.27. The first-order valence-corrected chi connectivity index (χ1v) is 12.5. The molecule has 1 saturated heterocycles. The van der Waals surface area contributed by atoms with Crippen LogP contribution in [0.2, 0.25) is 5.02 Å². The molecule has 2 heterocycles. The van der Waals surface area contributed by atoms with Crippen LogP contribution in [0.15, 0.2) is 54.7 Å². The standard InChI is InChI=1S/C27H30ClN5O4/c1-17-12-23(25(15-22(17)28)37-19-6-9-30-10-7-19)33-27(35)32-16-18-4-3-5-20(13-18)36-21-8-11-31-24(14-21)26(34)29-2/h3-5,8,11-15,19,30H,6-7,9-10,16H2,1-2H3,(H,29,34)(H2,32,33,35). The first-order chi connectivity index (χ1) is 17.9. The second-order valence-electron chi connectivity index (χ2n) is 8.68. The first kappa shape index (κ1) is 26.2. The van der Waals surface area contributed by atoms with Crippen molar-refractivity contribution in [3.05, 3.63) is 76.6 Å². The lowest BCUT2D eigenvalue weighted by molar-refractivity contribution is 0.0957. The number of halogens is 1. The van der Waals surface area contributed by atoms with Gasteiger partial charge in [-0.25, -0.2) is 4.79 Å². The van der Waals surface area contributed by atoms with Crippen LogP contribution in [-0.2, 0) is 6.54 Å². The van der Waals surface area contributed by atoms with Crippen molar-refractivity contribution in [2.75, 3.05) is 25.5 Å². The van der Waals surface area contributed by atoms with Gasteiger partial charge in [-0.15, -0.1) is 0 Å². The van der Waals surface area contributed by atoms with E-state index in [9.17, 15) is 9.59 Å². The van der Waals surface area contributed by atoms with Crippen molar-refractivity contribution in [2.24, 2.45) is 0 Å². The fourth-order valence-electron chi connectivity index (χ4n) is 3.88. The van der Waals surface area contributed by atoms with Crippen molar-refractivity contribution in [3.8, 4) is 17.2 Å². The summed E-state index contributed by atoms with van der Waals surface area (Å²) in [6, 6.07) is 13.8. The van der Waals surface area contributed by atoms with Crippen LogP contribution in [-0.4, -0.2) is 43.2 Å². The topological polar surface area (TPSA) is 114 Å². The lowest BCUT2D eigenvalue weighted by atomic mass is 10.1. The zero-order valence-electron chi connectivity index (χ0n) is 20.8. The van der Waals surface area contributed by atoms with Gasteiger partial charge in [-0.05, 0) is 68.2 Å². The summed E-state index contributed by atoms with van der Waals surface area (Å²) in [7, 11) is 1.54. The Morgan fingerprint density at radius 2 is 1.89 bits per heavy atom. The first-order valence-electron chi connectivity index (χ1n) is 12.1. The Balaban J connectivity index is 1.38. The van der Waals surface area contributed by atoms with Crippen LogP contribution in [0.25, 0.3) is 0 Å². The molecule has 0 radical (unpaired) electrons. The number of nitrogens with zero attached hydrogens (tertiary/aromatic N) is 1. The lowest BCUT2D eigenvalue weighted by Gasteiger charge is -2.25. The van der Waals surface area contributed by atoms with Crippen LogP contribution >= 0.6 is 11.6 Å². The maximum Gasteiger partial charge on any atom is 0.319 e. The summed E-state index contributed by atoms with van der Waals surface area (Å²) in [5.41, 5.74) is 2.51. The molecule has 1 aliphatic heterocycles. The molecule has 1 aromatic heterocycles. The van der Waals surface area contributed by atoms with E-state index in [1.54, 1.807) is 31.3 Å². The third-order valence-electron chi connectivity index (χ3n) is 5.87. The largest absolute Gasteiger partial charge is 0.488 e. The zero-order valence-corrected chi connectivity index (χ0v) is 21.5. The summed E-state index contributed by atoms with van der Waals surface area (Å²) in [5, 5.41) is 12.2. The van der Waals surface area contributed by atoms with Gasteiger partial charge in [-0.3, -0.25) is 9.78 Å². The molecule has 3 amide bonds. The quantitative estimate of drug-likeness (QED) is 0.342. The molecular formula is C27H30ClN5O4. The average molecular weight is 524 g/mol. The van der Waals surface area contributed by atoms with Gasteiger partial charge in [0.15, 0.2) is 0 Å². The van der Waals surface area contributed by atoms with Crippen LogP contribution in [0, 0.1) is 6.92 Å². The predicted octanol–water partition coefficient (Wildman–Crippen LogP) is 4.65. The number of benzene rings is 2. The van der Waals surface area contributed by atoms with Gasteiger partial charge in [0, 0.05) is 36.9 Å². The Bertz CT molecular complexity index is 1260. The summed E-state index contributed by atoms with van der Waals surface area (Å²) in [5.74, 6) is 1.31. The molecule has 1 aliphatic rings. The molecule has 194 valence electrons. The monoisotopic (exact) mass is 523 g/mol. The van der Waals surface area contributed by atoms with E-state index < -0.39 is 0 Å². The van der Waals surface area contributed by atoms with Crippen LogP contribution in [0.3, 0.4) is 0 Å². The number of carbonyl (C=O) groups excluding carboxylic acids is 2. The van der Waals surface area contributed by atoms with E-state index in [0.717, 1.165) is 37.1 Å². The van der Waals surface area contributed by atoms with Crippen LogP contribution in [0.5, 0.6) is 17.2 Å². The maximum atomic E-state index is 12.7. The van der Waals surface area contributed by atoms with Crippen LogP contribution < -0.4 is 30.7 Å². The van der Waals surface area contributed by atoms with E-state index in [0.29, 0.717) is 28.0 Å². The van der Waals surface area contributed by atoms with Crippen molar-refractivity contribution >= 4 is 29.2 Å². The molecular weight excluding hydrogens is 494 g/mol. The number of carbonyl (C=O) groups is 2.